The Balaban J connectivity index is 1.32. The van der Waals surface area contributed by atoms with Crippen molar-refractivity contribution in [3.05, 3.63) is 83.0 Å². The second-order valence-electron chi connectivity index (χ2n) is 8.56. The lowest BCUT2D eigenvalue weighted by Crippen LogP contribution is -2.39. The molecule has 6 nitrogen and oxygen atoms in total. The van der Waals surface area contributed by atoms with Gasteiger partial charge in [-0.3, -0.25) is 4.79 Å². The number of hydrogen-bond acceptors (Lipinski definition) is 4. The molecule has 170 valence electrons. The lowest BCUT2D eigenvalue weighted by molar-refractivity contribution is 0.0692. The number of rotatable bonds is 5. The molecular formula is C26H26FN3O3. The predicted molar refractivity (Wildman–Crippen MR) is 123 cm³/mol. The Morgan fingerprint density at radius 1 is 1.30 bits per heavy atom. The Morgan fingerprint density at radius 3 is 3.00 bits per heavy atom. The molecule has 4 aromatic rings. The van der Waals surface area contributed by atoms with Crippen LogP contribution < -0.4 is 4.74 Å². The van der Waals surface area contributed by atoms with E-state index in [1.54, 1.807) is 19.4 Å². The van der Waals surface area contributed by atoms with Crippen molar-refractivity contribution in [2.75, 3.05) is 20.2 Å². The molecule has 1 N–H and O–H groups in total. The third kappa shape index (κ3) is 4.11. The van der Waals surface area contributed by atoms with Crippen LogP contribution >= 0.6 is 0 Å². The number of piperidine rings is 1. The molecule has 1 saturated heterocycles. The van der Waals surface area contributed by atoms with Crippen molar-refractivity contribution in [2.45, 2.75) is 32.1 Å². The SMILES string of the molecule is COc1ccccc1Cc1cnc([C@@H]2CCCN(C(=O)c3[nH]c4ccc(F)cc4c3C)C2)o1. The number of aryl methyl sites for hydroxylation is 1. The summed E-state index contributed by atoms with van der Waals surface area (Å²) in [5, 5.41) is 0.737. The van der Waals surface area contributed by atoms with E-state index in [1.165, 1.54) is 12.1 Å². The molecule has 3 heterocycles. The number of fused-ring (bicyclic) bond motifs is 1. The standard InChI is InChI=1S/C26H26FN3O3/c1-16-21-13-19(27)9-10-22(21)29-24(16)26(31)30-11-5-7-18(15-30)25-28-14-20(33-25)12-17-6-3-4-8-23(17)32-2/h3-4,6,8-10,13-14,18,29H,5,7,11-12,15H2,1-2H3/t18-/m1/s1. The van der Waals surface area contributed by atoms with E-state index < -0.39 is 0 Å². The fourth-order valence-electron chi connectivity index (χ4n) is 4.66. The first-order valence-corrected chi connectivity index (χ1v) is 11.2. The van der Waals surface area contributed by atoms with Gasteiger partial charge >= 0.3 is 0 Å². The molecule has 0 aliphatic carbocycles. The van der Waals surface area contributed by atoms with Crippen molar-refractivity contribution in [3.8, 4) is 5.75 Å². The minimum atomic E-state index is -0.311. The van der Waals surface area contributed by atoms with Crippen LogP contribution in [0.3, 0.4) is 0 Å². The molecule has 2 aromatic heterocycles. The van der Waals surface area contributed by atoms with E-state index in [0.717, 1.165) is 46.4 Å². The summed E-state index contributed by atoms with van der Waals surface area (Å²) in [4.78, 5) is 22.8. The first kappa shape index (κ1) is 21.2. The fraction of sp³-hybridized carbons (Fsp3) is 0.308. The molecule has 0 spiro atoms. The van der Waals surface area contributed by atoms with E-state index in [1.807, 2.05) is 36.1 Å². The summed E-state index contributed by atoms with van der Waals surface area (Å²) in [7, 11) is 1.66. The van der Waals surface area contributed by atoms with Gasteiger partial charge in [0.1, 0.15) is 23.0 Å². The van der Waals surface area contributed by atoms with Gasteiger partial charge in [0, 0.05) is 36.0 Å². The van der Waals surface area contributed by atoms with Crippen LogP contribution in [0.5, 0.6) is 5.75 Å². The highest BCUT2D eigenvalue weighted by Gasteiger charge is 2.30. The van der Waals surface area contributed by atoms with E-state index >= 15 is 0 Å². The first-order valence-electron chi connectivity index (χ1n) is 11.2. The fourth-order valence-corrected chi connectivity index (χ4v) is 4.66. The Labute approximate surface area is 191 Å². The highest BCUT2D eigenvalue weighted by Crippen LogP contribution is 2.30. The maximum absolute atomic E-state index is 13.7. The van der Waals surface area contributed by atoms with Gasteiger partial charge in [-0.2, -0.15) is 0 Å². The van der Waals surface area contributed by atoms with Crippen LogP contribution in [0.25, 0.3) is 10.9 Å². The van der Waals surface area contributed by atoms with Gasteiger partial charge in [-0.1, -0.05) is 18.2 Å². The van der Waals surface area contributed by atoms with Crippen molar-refractivity contribution in [3.63, 3.8) is 0 Å². The number of carbonyl (C=O) groups is 1. The monoisotopic (exact) mass is 447 g/mol. The van der Waals surface area contributed by atoms with Crippen LogP contribution in [0.1, 0.15) is 52.0 Å². The molecule has 0 bridgehead atoms. The topological polar surface area (TPSA) is 71.4 Å². The molecular weight excluding hydrogens is 421 g/mol. The quantitative estimate of drug-likeness (QED) is 0.455. The highest BCUT2D eigenvalue weighted by atomic mass is 19.1. The average molecular weight is 448 g/mol. The number of likely N-dealkylation sites (tertiary alicyclic amines) is 1. The Hall–Kier alpha value is -3.61. The van der Waals surface area contributed by atoms with Crippen molar-refractivity contribution in [2.24, 2.45) is 0 Å². The number of aromatic nitrogens is 2. The van der Waals surface area contributed by atoms with Gasteiger partial charge in [0.25, 0.3) is 5.91 Å². The number of amides is 1. The van der Waals surface area contributed by atoms with Crippen molar-refractivity contribution in [1.82, 2.24) is 14.9 Å². The van der Waals surface area contributed by atoms with Crippen LogP contribution in [-0.4, -0.2) is 41.0 Å². The highest BCUT2D eigenvalue weighted by molar-refractivity contribution is 6.01. The first-order chi connectivity index (χ1) is 16.0. The van der Waals surface area contributed by atoms with Crippen LogP contribution in [0.15, 0.2) is 53.1 Å². The van der Waals surface area contributed by atoms with Crippen LogP contribution in [0.2, 0.25) is 0 Å². The number of para-hydroxylation sites is 1. The minimum absolute atomic E-state index is 0.0382. The van der Waals surface area contributed by atoms with Crippen molar-refractivity contribution in [1.29, 1.82) is 0 Å². The van der Waals surface area contributed by atoms with E-state index in [4.69, 9.17) is 9.15 Å². The molecule has 1 fully saturated rings. The molecule has 1 aliphatic heterocycles. The zero-order valence-corrected chi connectivity index (χ0v) is 18.7. The molecule has 0 unspecified atom stereocenters. The van der Waals surface area contributed by atoms with Gasteiger partial charge in [0.2, 0.25) is 0 Å². The molecule has 0 radical (unpaired) electrons. The number of ether oxygens (including phenoxy) is 1. The number of benzene rings is 2. The average Bonchev–Trinajstić information content (AvgIpc) is 3.44. The van der Waals surface area contributed by atoms with Gasteiger partial charge in [-0.05, 0) is 49.6 Å². The summed E-state index contributed by atoms with van der Waals surface area (Å²) in [5.74, 6) is 1.90. The van der Waals surface area contributed by atoms with Crippen LogP contribution in [0.4, 0.5) is 4.39 Å². The maximum Gasteiger partial charge on any atom is 0.270 e. The third-order valence-corrected chi connectivity index (χ3v) is 6.42. The Morgan fingerprint density at radius 2 is 2.15 bits per heavy atom. The molecule has 1 atom stereocenters. The second-order valence-corrected chi connectivity index (χ2v) is 8.56. The number of hydrogen-bond donors (Lipinski definition) is 1. The summed E-state index contributed by atoms with van der Waals surface area (Å²) >= 11 is 0. The summed E-state index contributed by atoms with van der Waals surface area (Å²) in [5.41, 5.74) is 3.08. The van der Waals surface area contributed by atoms with E-state index in [-0.39, 0.29) is 17.6 Å². The zero-order chi connectivity index (χ0) is 22.9. The number of carbonyl (C=O) groups excluding carboxylic acids is 1. The Kier molecular flexibility index (Phi) is 5.62. The maximum atomic E-state index is 13.7. The summed E-state index contributed by atoms with van der Waals surface area (Å²) in [6.07, 6.45) is 4.14. The van der Waals surface area contributed by atoms with Gasteiger partial charge < -0.3 is 19.0 Å². The number of nitrogens with one attached hydrogen (secondary N) is 1. The molecule has 5 rings (SSSR count). The Bertz CT molecular complexity index is 1310. The van der Waals surface area contributed by atoms with Crippen LogP contribution in [0, 0.1) is 12.7 Å². The van der Waals surface area contributed by atoms with Crippen molar-refractivity contribution >= 4 is 16.8 Å². The smallest absolute Gasteiger partial charge is 0.270 e. The normalized spacial score (nSPS) is 16.3. The second kappa shape index (κ2) is 8.73. The van der Waals surface area contributed by atoms with E-state index in [2.05, 4.69) is 9.97 Å². The molecule has 0 saturated carbocycles. The van der Waals surface area contributed by atoms with Gasteiger partial charge in [-0.15, -0.1) is 0 Å². The minimum Gasteiger partial charge on any atom is -0.496 e. The van der Waals surface area contributed by atoms with Gasteiger partial charge in [0.15, 0.2) is 5.89 Å². The van der Waals surface area contributed by atoms with Gasteiger partial charge in [0.05, 0.1) is 19.2 Å². The molecule has 7 heteroatoms. The molecule has 33 heavy (non-hydrogen) atoms. The lowest BCUT2D eigenvalue weighted by atomic mass is 9.97. The number of nitrogens with zero attached hydrogens (tertiary/aromatic N) is 2. The largest absolute Gasteiger partial charge is 0.496 e. The number of aromatic amines is 1. The predicted octanol–water partition coefficient (Wildman–Crippen LogP) is 5.22. The summed E-state index contributed by atoms with van der Waals surface area (Å²) in [6, 6.07) is 12.4. The lowest BCUT2D eigenvalue weighted by Gasteiger charge is -2.31. The summed E-state index contributed by atoms with van der Waals surface area (Å²) in [6.45, 7) is 3.06. The number of oxazole rings is 1. The number of halogens is 1. The van der Waals surface area contributed by atoms with Crippen molar-refractivity contribution < 1.29 is 18.3 Å². The van der Waals surface area contributed by atoms with Gasteiger partial charge in [-0.25, -0.2) is 9.37 Å². The number of methoxy groups -OCH3 is 1. The third-order valence-electron chi connectivity index (χ3n) is 6.42. The molecule has 1 aliphatic rings. The molecule has 1 amide bonds. The zero-order valence-electron chi connectivity index (χ0n) is 18.7. The summed E-state index contributed by atoms with van der Waals surface area (Å²) < 4.78 is 25.2. The molecule has 2 aromatic carbocycles. The van der Waals surface area contributed by atoms with E-state index in [9.17, 15) is 9.18 Å². The van der Waals surface area contributed by atoms with Crippen LogP contribution in [-0.2, 0) is 6.42 Å². The number of H-pyrrole nitrogens is 1. The van der Waals surface area contributed by atoms with E-state index in [0.29, 0.717) is 31.1 Å².